The SMILES string of the molecule is C[C@@H]1CN(c2cc(N3CCN(C)C(=O)C3)ncn2)CC[S@](=O)C1. The Morgan fingerprint density at radius 2 is 1.91 bits per heavy atom. The van der Waals surface area contributed by atoms with E-state index >= 15 is 0 Å². The van der Waals surface area contributed by atoms with Crippen LogP contribution in [0.1, 0.15) is 6.92 Å². The topological polar surface area (TPSA) is 69.6 Å². The van der Waals surface area contributed by atoms with Crippen molar-refractivity contribution in [2.24, 2.45) is 5.92 Å². The molecule has 0 saturated carbocycles. The molecule has 1 aromatic rings. The van der Waals surface area contributed by atoms with Crippen molar-refractivity contribution in [2.45, 2.75) is 6.92 Å². The Balaban J connectivity index is 1.77. The molecule has 7 nitrogen and oxygen atoms in total. The average Bonchev–Trinajstić information content (AvgIpc) is 2.70. The molecule has 2 fully saturated rings. The van der Waals surface area contributed by atoms with Crippen LogP contribution in [-0.4, -0.2) is 76.3 Å². The van der Waals surface area contributed by atoms with Crippen molar-refractivity contribution < 1.29 is 9.00 Å². The van der Waals surface area contributed by atoms with Crippen LogP contribution in [0.25, 0.3) is 0 Å². The highest BCUT2D eigenvalue weighted by molar-refractivity contribution is 7.85. The maximum absolute atomic E-state index is 11.9. The number of carbonyl (C=O) groups is 1. The first-order valence-corrected chi connectivity index (χ1v) is 9.42. The number of nitrogens with zero attached hydrogens (tertiary/aromatic N) is 5. The molecule has 2 aliphatic rings. The van der Waals surface area contributed by atoms with Crippen LogP contribution < -0.4 is 9.80 Å². The lowest BCUT2D eigenvalue weighted by molar-refractivity contribution is -0.129. The van der Waals surface area contributed by atoms with Gasteiger partial charge in [0.25, 0.3) is 0 Å². The maximum Gasteiger partial charge on any atom is 0.241 e. The zero-order valence-corrected chi connectivity index (χ0v) is 14.5. The summed E-state index contributed by atoms with van der Waals surface area (Å²) >= 11 is 0. The first-order valence-electron chi connectivity index (χ1n) is 7.94. The van der Waals surface area contributed by atoms with E-state index in [1.807, 2.05) is 18.0 Å². The molecule has 0 radical (unpaired) electrons. The average molecular weight is 337 g/mol. The van der Waals surface area contributed by atoms with Gasteiger partial charge in [0.1, 0.15) is 18.0 Å². The van der Waals surface area contributed by atoms with E-state index in [4.69, 9.17) is 0 Å². The summed E-state index contributed by atoms with van der Waals surface area (Å²) in [5.74, 6) is 3.55. The molecule has 3 heterocycles. The number of aromatic nitrogens is 2. The summed E-state index contributed by atoms with van der Waals surface area (Å²) in [4.78, 5) is 26.5. The fourth-order valence-electron chi connectivity index (χ4n) is 2.98. The van der Waals surface area contributed by atoms with Gasteiger partial charge in [0.05, 0.1) is 6.54 Å². The minimum atomic E-state index is -0.746. The Kier molecular flexibility index (Phi) is 4.79. The van der Waals surface area contributed by atoms with Gasteiger partial charge in [-0.25, -0.2) is 9.97 Å². The number of anilines is 2. The normalized spacial score (nSPS) is 26.3. The van der Waals surface area contributed by atoms with Crippen LogP contribution >= 0.6 is 0 Å². The molecule has 0 aliphatic carbocycles. The van der Waals surface area contributed by atoms with Crippen LogP contribution in [0, 0.1) is 5.92 Å². The molecular weight excluding hydrogens is 314 g/mol. The largest absolute Gasteiger partial charge is 0.355 e. The molecule has 1 aromatic heterocycles. The summed E-state index contributed by atoms with van der Waals surface area (Å²) in [5, 5.41) is 0. The summed E-state index contributed by atoms with van der Waals surface area (Å²) in [5.41, 5.74) is 0. The number of piperazine rings is 1. The third kappa shape index (κ3) is 3.80. The third-order valence-electron chi connectivity index (χ3n) is 4.33. The summed E-state index contributed by atoms with van der Waals surface area (Å²) in [7, 11) is 1.08. The van der Waals surface area contributed by atoms with Crippen molar-refractivity contribution in [1.82, 2.24) is 14.9 Å². The molecule has 0 N–H and O–H groups in total. The Morgan fingerprint density at radius 3 is 2.65 bits per heavy atom. The number of rotatable bonds is 2. The van der Waals surface area contributed by atoms with Crippen LogP contribution in [0.15, 0.2) is 12.4 Å². The monoisotopic (exact) mass is 337 g/mol. The molecule has 0 bridgehead atoms. The first kappa shape index (κ1) is 16.2. The molecular formula is C15H23N5O2S. The van der Waals surface area contributed by atoms with Crippen LogP contribution in [0.3, 0.4) is 0 Å². The van der Waals surface area contributed by atoms with Crippen LogP contribution in [-0.2, 0) is 15.6 Å². The summed E-state index contributed by atoms with van der Waals surface area (Å²) in [6.45, 7) is 5.56. The summed E-state index contributed by atoms with van der Waals surface area (Å²) in [6, 6.07) is 1.94. The maximum atomic E-state index is 11.9. The lowest BCUT2D eigenvalue weighted by Crippen LogP contribution is -2.48. The van der Waals surface area contributed by atoms with Gasteiger partial charge in [-0.1, -0.05) is 6.92 Å². The van der Waals surface area contributed by atoms with Gasteiger partial charge in [-0.3, -0.25) is 9.00 Å². The van der Waals surface area contributed by atoms with E-state index in [1.54, 1.807) is 11.2 Å². The fourth-order valence-corrected chi connectivity index (χ4v) is 4.31. The second kappa shape index (κ2) is 6.82. The summed E-state index contributed by atoms with van der Waals surface area (Å²) < 4.78 is 11.9. The predicted molar refractivity (Wildman–Crippen MR) is 91.1 cm³/mol. The Morgan fingerprint density at radius 1 is 1.17 bits per heavy atom. The molecule has 0 aromatic carbocycles. The molecule has 0 unspecified atom stereocenters. The number of hydrogen-bond acceptors (Lipinski definition) is 6. The molecule has 23 heavy (non-hydrogen) atoms. The predicted octanol–water partition coefficient (Wildman–Crippen LogP) is -0.0402. The number of amides is 1. The van der Waals surface area contributed by atoms with Crippen molar-refractivity contribution in [2.75, 3.05) is 61.1 Å². The van der Waals surface area contributed by atoms with E-state index < -0.39 is 10.8 Å². The minimum Gasteiger partial charge on any atom is -0.355 e. The lowest BCUT2D eigenvalue weighted by Gasteiger charge is -2.33. The van der Waals surface area contributed by atoms with E-state index in [0.29, 0.717) is 24.8 Å². The van der Waals surface area contributed by atoms with Crippen LogP contribution in [0.2, 0.25) is 0 Å². The Labute approximate surface area is 139 Å². The van der Waals surface area contributed by atoms with Gasteiger partial charge in [-0.05, 0) is 5.92 Å². The second-order valence-corrected chi connectivity index (χ2v) is 7.95. The fraction of sp³-hybridized carbons (Fsp3) is 0.667. The van der Waals surface area contributed by atoms with Crippen molar-refractivity contribution in [3.8, 4) is 0 Å². The smallest absolute Gasteiger partial charge is 0.241 e. The minimum absolute atomic E-state index is 0.107. The molecule has 3 rings (SSSR count). The van der Waals surface area contributed by atoms with Gasteiger partial charge in [-0.2, -0.15) is 0 Å². The van der Waals surface area contributed by atoms with Gasteiger partial charge in [-0.15, -0.1) is 0 Å². The van der Waals surface area contributed by atoms with E-state index in [9.17, 15) is 9.00 Å². The molecule has 8 heteroatoms. The van der Waals surface area contributed by atoms with Gasteiger partial charge < -0.3 is 14.7 Å². The number of carbonyl (C=O) groups excluding carboxylic acids is 1. The lowest BCUT2D eigenvalue weighted by atomic mass is 10.2. The van der Waals surface area contributed by atoms with E-state index in [0.717, 1.165) is 37.0 Å². The van der Waals surface area contributed by atoms with Crippen LogP contribution in [0.4, 0.5) is 11.6 Å². The van der Waals surface area contributed by atoms with Gasteiger partial charge in [0, 0.05) is 61.6 Å². The number of likely N-dealkylation sites (N-methyl/N-ethyl adjacent to an activating group) is 1. The standard InChI is InChI=1S/C15H23N5O2S/c1-12-8-20(5-6-23(22)10-12)14-7-13(16-11-17-14)19-4-3-18(2)15(21)9-19/h7,11-12H,3-6,8-10H2,1-2H3/t12-,23+/m1/s1. The van der Waals surface area contributed by atoms with Gasteiger partial charge in [0.2, 0.25) is 5.91 Å². The molecule has 1 amide bonds. The molecule has 2 aliphatic heterocycles. The van der Waals surface area contributed by atoms with Crippen molar-refractivity contribution in [3.05, 3.63) is 12.4 Å². The van der Waals surface area contributed by atoms with E-state index in [-0.39, 0.29) is 5.91 Å². The van der Waals surface area contributed by atoms with Crippen molar-refractivity contribution in [3.63, 3.8) is 0 Å². The van der Waals surface area contributed by atoms with E-state index in [1.165, 1.54) is 0 Å². The highest BCUT2D eigenvalue weighted by atomic mass is 32.2. The van der Waals surface area contributed by atoms with E-state index in [2.05, 4.69) is 21.8 Å². The molecule has 0 spiro atoms. The quantitative estimate of drug-likeness (QED) is 0.754. The zero-order chi connectivity index (χ0) is 16.4. The Hall–Kier alpha value is -1.70. The second-order valence-electron chi connectivity index (χ2n) is 6.33. The zero-order valence-electron chi connectivity index (χ0n) is 13.6. The highest BCUT2D eigenvalue weighted by Gasteiger charge is 2.24. The van der Waals surface area contributed by atoms with Crippen molar-refractivity contribution >= 4 is 28.3 Å². The molecule has 126 valence electrons. The molecule has 2 atom stereocenters. The highest BCUT2D eigenvalue weighted by Crippen LogP contribution is 2.21. The third-order valence-corrected chi connectivity index (χ3v) is 5.91. The first-order chi connectivity index (χ1) is 11.0. The number of hydrogen-bond donors (Lipinski definition) is 0. The summed E-state index contributed by atoms with van der Waals surface area (Å²) in [6.07, 6.45) is 1.56. The van der Waals surface area contributed by atoms with Crippen molar-refractivity contribution in [1.29, 1.82) is 0 Å². The molecule has 2 saturated heterocycles. The van der Waals surface area contributed by atoms with Crippen LogP contribution in [0.5, 0.6) is 0 Å². The van der Waals surface area contributed by atoms with Gasteiger partial charge >= 0.3 is 0 Å². The Bertz CT molecular complexity index is 611. The van der Waals surface area contributed by atoms with Gasteiger partial charge in [0.15, 0.2) is 0 Å².